The van der Waals surface area contributed by atoms with Crippen molar-refractivity contribution in [2.75, 3.05) is 31.6 Å². The number of piperidine rings is 1. The molecule has 2 aromatic heterocycles. The van der Waals surface area contributed by atoms with Gasteiger partial charge in [0, 0.05) is 36.8 Å². The molecular formula is C15H21N5OS. The fourth-order valence-electron chi connectivity index (χ4n) is 2.88. The van der Waals surface area contributed by atoms with E-state index in [1.807, 2.05) is 12.3 Å². The number of aliphatic hydroxyl groups excluding tert-OH is 1. The van der Waals surface area contributed by atoms with Crippen LogP contribution in [0.4, 0.5) is 10.9 Å². The minimum atomic E-state index is 0.205. The molecule has 0 bridgehead atoms. The number of nitrogens with one attached hydrogen (secondary N) is 1. The zero-order chi connectivity index (χ0) is 15.4. The number of hydrogen-bond donors (Lipinski definition) is 2. The van der Waals surface area contributed by atoms with E-state index < -0.39 is 0 Å². The monoisotopic (exact) mass is 319 g/mol. The summed E-state index contributed by atoms with van der Waals surface area (Å²) < 4.78 is 0. The highest BCUT2D eigenvalue weighted by molar-refractivity contribution is 7.13. The highest BCUT2D eigenvalue weighted by atomic mass is 32.1. The predicted molar refractivity (Wildman–Crippen MR) is 87.7 cm³/mol. The molecule has 22 heavy (non-hydrogen) atoms. The first-order chi connectivity index (χ1) is 10.8. The maximum absolute atomic E-state index is 9.14. The maximum Gasteiger partial charge on any atom is 0.188 e. The predicted octanol–water partition coefficient (Wildman–Crippen LogP) is 2.16. The number of hydrogen-bond acceptors (Lipinski definition) is 7. The lowest BCUT2D eigenvalue weighted by atomic mass is 9.94. The van der Waals surface area contributed by atoms with Crippen LogP contribution in [0.1, 0.15) is 30.1 Å². The number of aliphatic hydroxyl groups is 1. The van der Waals surface area contributed by atoms with Crippen LogP contribution in [0.25, 0.3) is 0 Å². The number of rotatable bonds is 5. The third-order valence-corrected chi connectivity index (χ3v) is 4.75. The third-order valence-electron chi connectivity index (χ3n) is 3.88. The summed E-state index contributed by atoms with van der Waals surface area (Å²) in [5.74, 6) is 1.14. The molecule has 1 aliphatic rings. The van der Waals surface area contributed by atoms with Crippen molar-refractivity contribution in [3.8, 4) is 0 Å². The summed E-state index contributed by atoms with van der Waals surface area (Å²) in [5.41, 5.74) is 2.00. The quantitative estimate of drug-likeness (QED) is 0.880. The molecule has 6 nitrogen and oxygen atoms in total. The highest BCUT2D eigenvalue weighted by Crippen LogP contribution is 2.31. The number of nitrogens with zero attached hydrogens (tertiary/aromatic N) is 4. The van der Waals surface area contributed by atoms with Gasteiger partial charge in [-0.3, -0.25) is 4.98 Å². The van der Waals surface area contributed by atoms with Crippen LogP contribution in [0.3, 0.4) is 0 Å². The molecule has 0 radical (unpaired) electrons. The van der Waals surface area contributed by atoms with Gasteiger partial charge in [0.15, 0.2) is 10.9 Å². The molecule has 0 spiro atoms. The first-order valence-electron chi connectivity index (χ1n) is 7.59. The van der Waals surface area contributed by atoms with E-state index in [2.05, 4.69) is 25.2 Å². The van der Waals surface area contributed by atoms with Crippen LogP contribution in [0.2, 0.25) is 0 Å². The molecule has 3 rings (SSSR count). The number of β-amino-alcohol motifs (C(OH)–C–C–N with tert-alkyl or cyclic N) is 1. The van der Waals surface area contributed by atoms with Crippen LogP contribution in [-0.2, 0) is 0 Å². The van der Waals surface area contributed by atoms with E-state index in [0.29, 0.717) is 5.92 Å². The topological polar surface area (TPSA) is 74.2 Å². The van der Waals surface area contributed by atoms with Crippen LogP contribution in [0, 0.1) is 6.92 Å². The maximum atomic E-state index is 9.14. The highest BCUT2D eigenvalue weighted by Gasteiger charge is 2.25. The van der Waals surface area contributed by atoms with Crippen LogP contribution in [0.15, 0.2) is 17.8 Å². The molecule has 0 aromatic carbocycles. The van der Waals surface area contributed by atoms with Crippen LogP contribution < -0.4 is 5.32 Å². The van der Waals surface area contributed by atoms with Gasteiger partial charge in [-0.25, -0.2) is 9.97 Å². The molecular weight excluding hydrogens is 298 g/mol. The Morgan fingerprint density at radius 1 is 1.41 bits per heavy atom. The van der Waals surface area contributed by atoms with E-state index in [4.69, 9.17) is 5.11 Å². The molecule has 1 aliphatic heterocycles. The number of aromatic nitrogens is 3. The molecule has 0 aliphatic carbocycles. The van der Waals surface area contributed by atoms with E-state index in [1.165, 1.54) is 0 Å². The molecule has 3 heterocycles. The Morgan fingerprint density at radius 2 is 2.27 bits per heavy atom. The number of thiazole rings is 1. The van der Waals surface area contributed by atoms with Gasteiger partial charge < -0.3 is 15.3 Å². The fraction of sp³-hybridized carbons (Fsp3) is 0.533. The molecule has 0 amide bonds. The first-order valence-corrected chi connectivity index (χ1v) is 8.47. The van der Waals surface area contributed by atoms with E-state index in [-0.39, 0.29) is 6.61 Å². The summed E-state index contributed by atoms with van der Waals surface area (Å²) in [7, 11) is 0. The van der Waals surface area contributed by atoms with Gasteiger partial charge in [0.1, 0.15) is 0 Å². The van der Waals surface area contributed by atoms with Crippen molar-refractivity contribution in [1.29, 1.82) is 0 Å². The minimum Gasteiger partial charge on any atom is -0.395 e. The smallest absolute Gasteiger partial charge is 0.188 e. The molecule has 0 saturated carbocycles. The molecule has 0 unspecified atom stereocenters. The van der Waals surface area contributed by atoms with Crippen molar-refractivity contribution in [1.82, 2.24) is 19.9 Å². The van der Waals surface area contributed by atoms with Crippen LogP contribution >= 0.6 is 11.3 Å². The lowest BCUT2D eigenvalue weighted by Crippen LogP contribution is -2.36. The van der Waals surface area contributed by atoms with Crippen molar-refractivity contribution in [2.24, 2.45) is 0 Å². The summed E-state index contributed by atoms with van der Waals surface area (Å²) in [5, 5.41) is 15.3. The molecule has 1 fully saturated rings. The van der Waals surface area contributed by atoms with Crippen molar-refractivity contribution < 1.29 is 5.11 Å². The standard InChI is InChI=1S/C15H21N5OS/c1-11-10-22-15(18-11)19-14-13(16-4-5-17-14)12-3-2-6-20(9-12)7-8-21/h4-5,10,12,21H,2-3,6-9H2,1H3,(H,17,18,19)/t12-/m1/s1. The summed E-state index contributed by atoms with van der Waals surface area (Å²) in [6.07, 6.45) is 5.68. The first kappa shape index (κ1) is 15.3. The average Bonchev–Trinajstić information content (AvgIpc) is 2.94. The summed E-state index contributed by atoms with van der Waals surface area (Å²) in [6.45, 7) is 4.88. The second-order valence-electron chi connectivity index (χ2n) is 5.57. The fourth-order valence-corrected chi connectivity index (χ4v) is 3.57. The zero-order valence-electron chi connectivity index (χ0n) is 12.7. The molecule has 7 heteroatoms. The lowest BCUT2D eigenvalue weighted by molar-refractivity contribution is 0.160. The Hall–Kier alpha value is -1.57. The van der Waals surface area contributed by atoms with E-state index in [1.54, 1.807) is 23.7 Å². The van der Waals surface area contributed by atoms with Crippen molar-refractivity contribution >= 4 is 22.3 Å². The molecule has 2 N–H and O–H groups in total. The molecule has 118 valence electrons. The Balaban J connectivity index is 1.78. The SMILES string of the molecule is Cc1csc(Nc2nccnc2[C@@H]2CCCN(CCO)C2)n1. The minimum absolute atomic E-state index is 0.205. The van der Waals surface area contributed by atoms with Gasteiger partial charge in [0.2, 0.25) is 0 Å². The van der Waals surface area contributed by atoms with E-state index in [9.17, 15) is 0 Å². The average molecular weight is 319 g/mol. The number of anilines is 2. The Morgan fingerprint density at radius 3 is 3.05 bits per heavy atom. The van der Waals surface area contributed by atoms with Gasteiger partial charge in [0.05, 0.1) is 18.0 Å². The number of aryl methyl sites for hydroxylation is 1. The zero-order valence-corrected chi connectivity index (χ0v) is 13.5. The lowest BCUT2D eigenvalue weighted by Gasteiger charge is -2.32. The van der Waals surface area contributed by atoms with Gasteiger partial charge in [-0.15, -0.1) is 11.3 Å². The third kappa shape index (κ3) is 3.60. The molecule has 2 aromatic rings. The molecule has 1 atom stereocenters. The second kappa shape index (κ2) is 7.13. The van der Waals surface area contributed by atoms with Crippen molar-refractivity contribution in [3.63, 3.8) is 0 Å². The van der Waals surface area contributed by atoms with Gasteiger partial charge in [-0.1, -0.05) is 0 Å². The van der Waals surface area contributed by atoms with Gasteiger partial charge in [0.25, 0.3) is 0 Å². The second-order valence-corrected chi connectivity index (χ2v) is 6.43. The molecule has 1 saturated heterocycles. The van der Waals surface area contributed by atoms with Crippen molar-refractivity contribution in [2.45, 2.75) is 25.7 Å². The van der Waals surface area contributed by atoms with Crippen LogP contribution in [0.5, 0.6) is 0 Å². The van der Waals surface area contributed by atoms with Gasteiger partial charge in [-0.2, -0.15) is 0 Å². The summed E-state index contributed by atoms with van der Waals surface area (Å²) in [4.78, 5) is 15.7. The largest absolute Gasteiger partial charge is 0.395 e. The normalized spacial score (nSPS) is 19.3. The number of likely N-dealkylation sites (tertiary alicyclic amines) is 1. The summed E-state index contributed by atoms with van der Waals surface area (Å²) >= 11 is 1.57. The Bertz CT molecular complexity index is 615. The van der Waals surface area contributed by atoms with Gasteiger partial charge >= 0.3 is 0 Å². The van der Waals surface area contributed by atoms with Gasteiger partial charge in [-0.05, 0) is 26.3 Å². The van der Waals surface area contributed by atoms with E-state index in [0.717, 1.165) is 54.8 Å². The van der Waals surface area contributed by atoms with Crippen LogP contribution in [-0.4, -0.2) is 51.2 Å². The van der Waals surface area contributed by atoms with E-state index >= 15 is 0 Å². The van der Waals surface area contributed by atoms with Crippen molar-refractivity contribution in [3.05, 3.63) is 29.2 Å². The summed E-state index contributed by atoms with van der Waals surface area (Å²) in [6, 6.07) is 0. The Kier molecular flexibility index (Phi) is 4.97. The Labute approximate surface area is 134 Å².